The summed E-state index contributed by atoms with van der Waals surface area (Å²) in [7, 11) is 0. The molecule has 0 aliphatic rings. The molecule has 62 valence electrons. The summed E-state index contributed by atoms with van der Waals surface area (Å²) in [5.41, 5.74) is 0.253. The Kier molecular flexibility index (Phi) is 2.84. The fourth-order valence-electron chi connectivity index (χ4n) is 0.749. The summed E-state index contributed by atoms with van der Waals surface area (Å²) in [6.45, 7) is 3.33. The smallest absolute Gasteiger partial charge is 0.188 e. The highest BCUT2D eigenvalue weighted by Crippen LogP contribution is 2.23. The number of carbonyl (C=O) groups is 1. The summed E-state index contributed by atoms with van der Waals surface area (Å²) in [6.07, 6.45) is 3.89. The van der Waals surface area contributed by atoms with Gasteiger partial charge in [0.1, 0.15) is 0 Å². The lowest BCUT2D eigenvalue weighted by Crippen LogP contribution is -1.96. The van der Waals surface area contributed by atoms with Crippen molar-refractivity contribution in [2.24, 2.45) is 0 Å². The molecule has 0 atom stereocenters. The van der Waals surface area contributed by atoms with Crippen molar-refractivity contribution < 1.29 is 4.79 Å². The van der Waals surface area contributed by atoms with Gasteiger partial charge in [-0.3, -0.25) is 9.78 Å². The molecule has 0 amide bonds. The van der Waals surface area contributed by atoms with Crippen molar-refractivity contribution in [3.8, 4) is 0 Å². The van der Waals surface area contributed by atoms with E-state index in [1.54, 1.807) is 0 Å². The Morgan fingerprint density at radius 3 is 2.33 bits per heavy atom. The topological polar surface area (TPSA) is 30.0 Å². The first kappa shape index (κ1) is 9.23. The van der Waals surface area contributed by atoms with Crippen molar-refractivity contribution in [1.82, 2.24) is 4.98 Å². The van der Waals surface area contributed by atoms with Gasteiger partial charge in [0.25, 0.3) is 0 Å². The van der Waals surface area contributed by atoms with Crippen molar-refractivity contribution in [3.05, 3.63) is 40.7 Å². The zero-order valence-corrected chi connectivity index (χ0v) is 7.56. The first-order valence-electron chi connectivity index (χ1n) is 3.12. The molecule has 0 unspecified atom stereocenters. The fraction of sp³-hybridized carbons (Fsp3) is 0. The van der Waals surface area contributed by atoms with E-state index in [0.29, 0.717) is 0 Å². The maximum atomic E-state index is 11.1. The van der Waals surface area contributed by atoms with Crippen LogP contribution < -0.4 is 0 Å². The van der Waals surface area contributed by atoms with Crippen LogP contribution in [0.15, 0.2) is 25.0 Å². The number of aromatic nitrogens is 1. The average Bonchev–Trinajstić information content (AvgIpc) is 2.03. The molecule has 1 aromatic heterocycles. The maximum absolute atomic E-state index is 11.1. The molecule has 0 spiro atoms. The first-order valence-corrected chi connectivity index (χ1v) is 3.88. The molecule has 0 bridgehead atoms. The van der Waals surface area contributed by atoms with Crippen LogP contribution in [-0.4, -0.2) is 10.8 Å². The SMILES string of the molecule is C=CC(=O)c1c(Cl)cncc1Cl. The Labute approximate surface area is 79.8 Å². The molecule has 1 heterocycles. The van der Waals surface area contributed by atoms with Gasteiger partial charge < -0.3 is 0 Å². The van der Waals surface area contributed by atoms with E-state index in [1.807, 2.05) is 0 Å². The normalized spacial score (nSPS) is 9.50. The molecule has 0 aliphatic carbocycles. The molecule has 12 heavy (non-hydrogen) atoms. The third-order valence-corrected chi connectivity index (χ3v) is 1.86. The molecule has 2 nitrogen and oxygen atoms in total. The molecule has 4 heteroatoms. The van der Waals surface area contributed by atoms with Crippen molar-refractivity contribution in [3.63, 3.8) is 0 Å². The molecular weight excluding hydrogens is 197 g/mol. The van der Waals surface area contributed by atoms with E-state index < -0.39 is 0 Å². The minimum absolute atomic E-state index is 0.243. The van der Waals surface area contributed by atoms with Gasteiger partial charge in [0.05, 0.1) is 15.6 Å². The van der Waals surface area contributed by atoms with Gasteiger partial charge in [-0.1, -0.05) is 29.8 Å². The second-order valence-corrected chi connectivity index (χ2v) is 2.86. The number of hydrogen-bond acceptors (Lipinski definition) is 2. The summed E-state index contributed by atoms with van der Waals surface area (Å²) in [5, 5.41) is 0.486. The van der Waals surface area contributed by atoms with Crippen molar-refractivity contribution in [2.45, 2.75) is 0 Å². The van der Waals surface area contributed by atoms with Gasteiger partial charge in [0.15, 0.2) is 5.78 Å². The van der Waals surface area contributed by atoms with Crippen LogP contribution in [-0.2, 0) is 0 Å². The molecule has 0 saturated heterocycles. The van der Waals surface area contributed by atoms with Gasteiger partial charge in [-0.2, -0.15) is 0 Å². The number of nitrogens with zero attached hydrogens (tertiary/aromatic N) is 1. The van der Waals surface area contributed by atoms with E-state index in [-0.39, 0.29) is 21.4 Å². The van der Waals surface area contributed by atoms with E-state index in [9.17, 15) is 4.79 Å². The van der Waals surface area contributed by atoms with Crippen LogP contribution in [0.2, 0.25) is 10.0 Å². The highest BCUT2D eigenvalue weighted by Gasteiger charge is 2.11. The lowest BCUT2D eigenvalue weighted by molar-refractivity contribution is 0.104. The minimum Gasteiger partial charge on any atom is -0.289 e. The summed E-state index contributed by atoms with van der Waals surface area (Å²) in [5.74, 6) is -0.299. The lowest BCUT2D eigenvalue weighted by atomic mass is 10.2. The number of ketones is 1. The molecule has 1 rings (SSSR count). The third kappa shape index (κ3) is 1.65. The monoisotopic (exact) mass is 201 g/mol. The summed E-state index contributed by atoms with van der Waals surface area (Å²) >= 11 is 11.4. The van der Waals surface area contributed by atoms with Gasteiger partial charge in [0.2, 0.25) is 0 Å². The van der Waals surface area contributed by atoms with Gasteiger partial charge in [-0.25, -0.2) is 0 Å². The summed E-state index contributed by atoms with van der Waals surface area (Å²) in [6, 6.07) is 0. The van der Waals surface area contributed by atoms with Crippen LogP contribution in [0.3, 0.4) is 0 Å². The number of pyridine rings is 1. The number of allylic oxidation sites excluding steroid dienone is 1. The lowest BCUT2D eigenvalue weighted by Gasteiger charge is -2.00. The predicted octanol–water partition coefficient (Wildman–Crippen LogP) is 2.76. The van der Waals surface area contributed by atoms with Crippen LogP contribution in [0, 0.1) is 0 Å². The largest absolute Gasteiger partial charge is 0.289 e. The van der Waals surface area contributed by atoms with Gasteiger partial charge in [0, 0.05) is 12.4 Å². The molecule has 0 N–H and O–H groups in total. The Morgan fingerprint density at radius 2 is 1.92 bits per heavy atom. The molecule has 0 radical (unpaired) electrons. The minimum atomic E-state index is -0.299. The number of halogens is 2. The Bertz CT molecular complexity index is 316. The molecule has 0 aliphatic heterocycles. The number of hydrogen-bond donors (Lipinski definition) is 0. The number of rotatable bonds is 2. The Balaban J connectivity index is 3.30. The van der Waals surface area contributed by atoms with Crippen LogP contribution in [0.1, 0.15) is 10.4 Å². The first-order chi connectivity index (χ1) is 5.66. The van der Waals surface area contributed by atoms with Gasteiger partial charge in [-0.05, 0) is 6.08 Å². The number of carbonyl (C=O) groups excluding carboxylic acids is 1. The van der Waals surface area contributed by atoms with Crippen LogP contribution in [0.5, 0.6) is 0 Å². The molecule has 0 saturated carbocycles. The quantitative estimate of drug-likeness (QED) is 0.545. The van der Waals surface area contributed by atoms with Crippen LogP contribution in [0.4, 0.5) is 0 Å². The zero-order valence-electron chi connectivity index (χ0n) is 6.05. The molecule has 1 aromatic rings. The molecular formula is C8H5Cl2NO. The second kappa shape index (κ2) is 3.70. The van der Waals surface area contributed by atoms with Crippen molar-refractivity contribution in [2.75, 3.05) is 0 Å². The Morgan fingerprint density at radius 1 is 1.42 bits per heavy atom. The fourth-order valence-corrected chi connectivity index (χ4v) is 1.30. The molecule has 0 aromatic carbocycles. The van der Waals surface area contributed by atoms with Gasteiger partial charge >= 0.3 is 0 Å². The maximum Gasteiger partial charge on any atom is 0.188 e. The van der Waals surface area contributed by atoms with Crippen LogP contribution >= 0.6 is 23.2 Å². The third-order valence-electron chi connectivity index (χ3n) is 1.29. The van der Waals surface area contributed by atoms with Crippen LogP contribution in [0.25, 0.3) is 0 Å². The van der Waals surface area contributed by atoms with E-state index in [2.05, 4.69) is 11.6 Å². The van der Waals surface area contributed by atoms with E-state index >= 15 is 0 Å². The predicted molar refractivity (Wildman–Crippen MR) is 48.8 cm³/mol. The highest BCUT2D eigenvalue weighted by atomic mass is 35.5. The second-order valence-electron chi connectivity index (χ2n) is 2.05. The zero-order chi connectivity index (χ0) is 9.14. The average molecular weight is 202 g/mol. The summed E-state index contributed by atoms with van der Waals surface area (Å²) in [4.78, 5) is 14.9. The van der Waals surface area contributed by atoms with E-state index in [1.165, 1.54) is 12.4 Å². The highest BCUT2D eigenvalue weighted by molar-refractivity contribution is 6.40. The Hall–Kier alpha value is -0.860. The van der Waals surface area contributed by atoms with Crippen molar-refractivity contribution >= 4 is 29.0 Å². The standard InChI is InChI=1S/C8H5Cl2NO/c1-2-7(12)8-5(9)3-11-4-6(8)10/h2-4H,1H2. The van der Waals surface area contributed by atoms with Gasteiger partial charge in [-0.15, -0.1) is 0 Å². The van der Waals surface area contributed by atoms with Crippen molar-refractivity contribution in [1.29, 1.82) is 0 Å². The van der Waals surface area contributed by atoms with E-state index in [0.717, 1.165) is 6.08 Å². The summed E-state index contributed by atoms with van der Waals surface area (Å²) < 4.78 is 0. The molecule has 0 fully saturated rings. The van der Waals surface area contributed by atoms with E-state index in [4.69, 9.17) is 23.2 Å².